The molecule has 0 aliphatic heterocycles. The highest BCUT2D eigenvalue weighted by molar-refractivity contribution is 14.1. The van der Waals surface area contributed by atoms with Crippen molar-refractivity contribution in [3.8, 4) is 0 Å². The molecule has 0 fully saturated rings. The van der Waals surface area contributed by atoms with Crippen LogP contribution in [0, 0.1) is 3.57 Å². The zero-order chi connectivity index (χ0) is 12.7. The van der Waals surface area contributed by atoms with Crippen LogP contribution >= 0.6 is 22.6 Å². The molecule has 0 heterocycles. The van der Waals surface area contributed by atoms with E-state index in [-0.39, 0.29) is 6.61 Å². The number of carbonyl (C=O) groups is 2. The molecule has 0 aromatic heterocycles. The molecule has 0 saturated carbocycles. The number of benzene rings is 1. The third-order valence-electron chi connectivity index (χ3n) is 1.66. The smallest absolute Gasteiger partial charge is 0.426 e. The van der Waals surface area contributed by atoms with Gasteiger partial charge in [0.15, 0.2) is 0 Å². The first-order valence-electron chi connectivity index (χ1n) is 4.87. The van der Waals surface area contributed by atoms with E-state index >= 15 is 0 Å². The average molecular weight is 349 g/mol. The highest BCUT2D eigenvalue weighted by Crippen LogP contribution is 2.10. The third-order valence-corrected chi connectivity index (χ3v) is 2.37. The second-order valence-electron chi connectivity index (χ2n) is 2.93. The fourth-order valence-corrected chi connectivity index (χ4v) is 1.33. The Hall–Kier alpha value is -1.51. The van der Waals surface area contributed by atoms with Gasteiger partial charge in [-0.05, 0) is 53.8 Å². The number of nitrogens with one attached hydrogen (secondary N) is 3. The van der Waals surface area contributed by atoms with Crippen LogP contribution < -0.4 is 16.2 Å². The number of hydrogen-bond donors (Lipinski definition) is 3. The van der Waals surface area contributed by atoms with Crippen molar-refractivity contribution >= 4 is 40.4 Å². The van der Waals surface area contributed by atoms with Crippen LogP contribution in [-0.2, 0) is 4.74 Å². The predicted molar refractivity (Wildman–Crippen MR) is 71.5 cm³/mol. The Bertz CT molecular complexity index is 394. The summed E-state index contributed by atoms with van der Waals surface area (Å²) in [4.78, 5) is 22.2. The van der Waals surface area contributed by atoms with Crippen LogP contribution in [0.2, 0.25) is 0 Å². The molecule has 0 aliphatic carbocycles. The van der Waals surface area contributed by atoms with Crippen molar-refractivity contribution in [3.05, 3.63) is 27.8 Å². The zero-order valence-corrected chi connectivity index (χ0v) is 11.3. The lowest BCUT2D eigenvalue weighted by Gasteiger charge is -2.08. The van der Waals surface area contributed by atoms with Crippen LogP contribution in [0.25, 0.3) is 0 Å². The number of ether oxygens (including phenoxy) is 1. The number of anilines is 1. The summed E-state index contributed by atoms with van der Waals surface area (Å²) in [5.74, 6) is 0. The van der Waals surface area contributed by atoms with Crippen LogP contribution in [-0.4, -0.2) is 18.7 Å². The summed E-state index contributed by atoms with van der Waals surface area (Å²) < 4.78 is 5.63. The summed E-state index contributed by atoms with van der Waals surface area (Å²) in [7, 11) is 0. The lowest BCUT2D eigenvalue weighted by atomic mass is 10.3. The summed E-state index contributed by atoms with van der Waals surface area (Å²) in [6.45, 7) is 1.91. The molecule has 0 bridgehead atoms. The van der Waals surface area contributed by atoms with E-state index in [4.69, 9.17) is 0 Å². The number of amides is 3. The maximum absolute atomic E-state index is 11.3. The van der Waals surface area contributed by atoms with Gasteiger partial charge < -0.3 is 10.1 Å². The fourth-order valence-electron chi connectivity index (χ4n) is 0.971. The van der Waals surface area contributed by atoms with Crippen LogP contribution in [0.4, 0.5) is 15.3 Å². The summed E-state index contributed by atoms with van der Waals surface area (Å²) in [6.07, 6.45) is -0.703. The van der Waals surface area contributed by atoms with Gasteiger partial charge in [-0.15, -0.1) is 0 Å². The standard InChI is InChI=1S/C10H12IN3O3/c1-2-17-10(16)14-13-9(15)12-8-5-3-7(11)4-6-8/h3-6H,2H2,1H3,(H,14,16)(H2,12,13,15). The number of rotatable bonds is 2. The molecule has 0 spiro atoms. The third kappa shape index (κ3) is 5.38. The SMILES string of the molecule is CCOC(=O)NNC(=O)Nc1ccc(I)cc1. The summed E-state index contributed by atoms with van der Waals surface area (Å²) in [5, 5.41) is 2.54. The summed E-state index contributed by atoms with van der Waals surface area (Å²) in [6, 6.07) is 6.68. The molecule has 92 valence electrons. The number of urea groups is 1. The van der Waals surface area contributed by atoms with E-state index in [1.807, 2.05) is 12.1 Å². The molecule has 17 heavy (non-hydrogen) atoms. The highest BCUT2D eigenvalue weighted by Gasteiger charge is 2.04. The fraction of sp³-hybridized carbons (Fsp3) is 0.200. The molecule has 3 N–H and O–H groups in total. The Balaban J connectivity index is 2.34. The van der Waals surface area contributed by atoms with Gasteiger partial charge in [-0.1, -0.05) is 0 Å². The second-order valence-corrected chi connectivity index (χ2v) is 4.18. The molecule has 0 radical (unpaired) electrons. The molecule has 0 saturated heterocycles. The van der Waals surface area contributed by atoms with Crippen molar-refractivity contribution in [2.45, 2.75) is 6.92 Å². The number of halogens is 1. The Morgan fingerprint density at radius 1 is 1.24 bits per heavy atom. The van der Waals surface area contributed by atoms with Gasteiger partial charge in [0.05, 0.1) is 6.61 Å². The molecule has 0 atom stereocenters. The predicted octanol–water partition coefficient (Wildman–Crippen LogP) is 2.07. The van der Waals surface area contributed by atoms with E-state index in [2.05, 4.69) is 43.5 Å². The zero-order valence-electron chi connectivity index (χ0n) is 9.12. The van der Waals surface area contributed by atoms with E-state index in [1.54, 1.807) is 19.1 Å². The van der Waals surface area contributed by atoms with Crippen LogP contribution in [0.5, 0.6) is 0 Å². The van der Waals surface area contributed by atoms with Gasteiger partial charge in [0.1, 0.15) is 0 Å². The maximum Gasteiger partial charge on any atom is 0.426 e. The summed E-state index contributed by atoms with van der Waals surface area (Å²) >= 11 is 2.16. The molecule has 6 nitrogen and oxygen atoms in total. The number of hydrogen-bond acceptors (Lipinski definition) is 3. The first-order chi connectivity index (χ1) is 8.11. The molecule has 0 aliphatic rings. The van der Waals surface area contributed by atoms with Gasteiger partial charge in [0.25, 0.3) is 0 Å². The van der Waals surface area contributed by atoms with Gasteiger partial charge in [0, 0.05) is 9.26 Å². The molecular formula is C10H12IN3O3. The Morgan fingerprint density at radius 2 is 1.88 bits per heavy atom. The van der Waals surface area contributed by atoms with E-state index < -0.39 is 12.1 Å². The van der Waals surface area contributed by atoms with Crippen molar-refractivity contribution in [3.63, 3.8) is 0 Å². The molecule has 1 rings (SSSR count). The minimum Gasteiger partial charge on any atom is -0.449 e. The highest BCUT2D eigenvalue weighted by atomic mass is 127. The quantitative estimate of drug-likeness (QED) is 0.565. The van der Waals surface area contributed by atoms with Crippen LogP contribution in [0.3, 0.4) is 0 Å². The molecular weight excluding hydrogens is 337 g/mol. The lowest BCUT2D eigenvalue weighted by molar-refractivity contribution is 0.148. The Kier molecular flexibility index (Phi) is 5.53. The number of hydrazine groups is 1. The molecule has 7 heteroatoms. The topological polar surface area (TPSA) is 79.5 Å². The van der Waals surface area contributed by atoms with Crippen molar-refractivity contribution in [1.29, 1.82) is 0 Å². The number of carbonyl (C=O) groups excluding carboxylic acids is 2. The Morgan fingerprint density at radius 3 is 2.47 bits per heavy atom. The average Bonchev–Trinajstić information content (AvgIpc) is 2.30. The van der Waals surface area contributed by atoms with Gasteiger partial charge in [-0.25, -0.2) is 20.4 Å². The van der Waals surface area contributed by atoms with Gasteiger partial charge in [-0.2, -0.15) is 0 Å². The van der Waals surface area contributed by atoms with E-state index in [1.165, 1.54) is 0 Å². The van der Waals surface area contributed by atoms with E-state index in [0.717, 1.165) is 3.57 Å². The van der Waals surface area contributed by atoms with E-state index in [9.17, 15) is 9.59 Å². The first-order valence-corrected chi connectivity index (χ1v) is 5.95. The normalized spacial score (nSPS) is 9.29. The summed E-state index contributed by atoms with van der Waals surface area (Å²) in [5.41, 5.74) is 4.88. The largest absolute Gasteiger partial charge is 0.449 e. The van der Waals surface area contributed by atoms with Crippen molar-refractivity contribution in [1.82, 2.24) is 10.9 Å². The minimum atomic E-state index is -0.703. The van der Waals surface area contributed by atoms with Crippen LogP contribution in [0.1, 0.15) is 6.92 Å². The Labute approximate surface area is 112 Å². The van der Waals surface area contributed by atoms with Crippen LogP contribution in [0.15, 0.2) is 24.3 Å². The monoisotopic (exact) mass is 349 g/mol. The molecule has 1 aromatic rings. The van der Waals surface area contributed by atoms with Gasteiger partial charge in [0.2, 0.25) is 0 Å². The molecule has 1 aromatic carbocycles. The van der Waals surface area contributed by atoms with Crippen molar-refractivity contribution in [2.24, 2.45) is 0 Å². The van der Waals surface area contributed by atoms with Gasteiger partial charge in [-0.3, -0.25) is 0 Å². The lowest BCUT2D eigenvalue weighted by Crippen LogP contribution is -2.44. The van der Waals surface area contributed by atoms with Crippen molar-refractivity contribution < 1.29 is 14.3 Å². The van der Waals surface area contributed by atoms with Crippen molar-refractivity contribution in [2.75, 3.05) is 11.9 Å². The second kappa shape index (κ2) is 6.94. The first kappa shape index (κ1) is 13.6. The molecule has 0 unspecified atom stereocenters. The minimum absolute atomic E-state index is 0.242. The molecule has 3 amide bonds. The van der Waals surface area contributed by atoms with Gasteiger partial charge >= 0.3 is 12.1 Å². The maximum atomic E-state index is 11.3. The van der Waals surface area contributed by atoms with E-state index in [0.29, 0.717) is 5.69 Å².